The highest BCUT2D eigenvalue weighted by molar-refractivity contribution is 9.10. The van der Waals surface area contributed by atoms with Crippen LogP contribution in [-0.4, -0.2) is 29.8 Å². The summed E-state index contributed by atoms with van der Waals surface area (Å²) in [4.78, 5) is 11.9. The van der Waals surface area contributed by atoms with Gasteiger partial charge in [-0.25, -0.2) is 8.42 Å². The summed E-state index contributed by atoms with van der Waals surface area (Å²) in [7, 11) is -4.34. The molecule has 0 amide bonds. The van der Waals surface area contributed by atoms with E-state index in [1.54, 1.807) is 20.8 Å². The van der Waals surface area contributed by atoms with Gasteiger partial charge in [0.05, 0.1) is 10.5 Å². The Morgan fingerprint density at radius 2 is 1.67 bits per heavy atom. The fourth-order valence-corrected chi connectivity index (χ4v) is 5.03. The second-order valence-corrected chi connectivity index (χ2v) is 10.6. The smallest absolute Gasteiger partial charge is 0.416 e. The molecule has 0 aliphatic rings. The topological polar surface area (TPSA) is 74.7 Å². The van der Waals surface area contributed by atoms with E-state index in [1.807, 2.05) is 0 Å². The fourth-order valence-electron chi connectivity index (χ4n) is 3.01. The Morgan fingerprint density at radius 3 is 2.13 bits per heavy atom. The Balaban J connectivity index is 2.63. The van der Waals surface area contributed by atoms with Gasteiger partial charge in [0, 0.05) is 11.0 Å². The number of carboxylic acid groups (broad SMARTS) is 1. The highest BCUT2D eigenvalue weighted by Gasteiger charge is 2.43. The van der Waals surface area contributed by atoms with Crippen molar-refractivity contribution in [3.8, 4) is 0 Å². The summed E-state index contributed by atoms with van der Waals surface area (Å²) in [6.45, 7) is 4.14. The van der Waals surface area contributed by atoms with E-state index in [0.29, 0.717) is 4.47 Å². The second kappa shape index (κ2) is 8.68. The molecule has 164 valence electrons. The third-order valence-electron chi connectivity index (χ3n) is 4.36. The van der Waals surface area contributed by atoms with Crippen LogP contribution in [0.2, 0.25) is 0 Å². The van der Waals surface area contributed by atoms with Gasteiger partial charge in [0.2, 0.25) is 10.0 Å². The molecular formula is C20H21BrF3NO4S. The first-order valence-electron chi connectivity index (χ1n) is 8.80. The maximum absolute atomic E-state index is 13.3. The molecule has 1 unspecified atom stereocenters. The minimum absolute atomic E-state index is 0.0287. The fraction of sp³-hybridized carbons (Fsp3) is 0.350. The molecule has 0 saturated heterocycles. The number of hydrogen-bond acceptors (Lipinski definition) is 3. The van der Waals surface area contributed by atoms with Crippen molar-refractivity contribution in [2.75, 3.05) is 0 Å². The number of nitrogens with zero attached hydrogens (tertiary/aromatic N) is 1. The lowest BCUT2D eigenvalue weighted by Crippen LogP contribution is -2.51. The van der Waals surface area contributed by atoms with Crippen molar-refractivity contribution in [1.82, 2.24) is 4.31 Å². The van der Waals surface area contributed by atoms with Gasteiger partial charge in [-0.3, -0.25) is 4.79 Å². The minimum atomic E-state index is -4.61. The number of halogens is 4. The van der Waals surface area contributed by atoms with Crippen molar-refractivity contribution in [2.45, 2.75) is 44.4 Å². The van der Waals surface area contributed by atoms with E-state index >= 15 is 0 Å². The molecule has 0 aromatic heterocycles. The molecule has 0 bridgehead atoms. The number of aliphatic carboxylic acids is 1. The van der Waals surface area contributed by atoms with Gasteiger partial charge in [0.15, 0.2) is 0 Å². The summed E-state index contributed by atoms with van der Waals surface area (Å²) < 4.78 is 67.3. The highest BCUT2D eigenvalue weighted by atomic mass is 79.9. The molecule has 0 fully saturated rings. The minimum Gasteiger partial charge on any atom is -0.480 e. The Kier molecular flexibility index (Phi) is 7.05. The van der Waals surface area contributed by atoms with Gasteiger partial charge in [-0.2, -0.15) is 17.5 Å². The van der Waals surface area contributed by atoms with E-state index in [0.717, 1.165) is 22.5 Å². The summed E-state index contributed by atoms with van der Waals surface area (Å²) in [5.41, 5.74) is -1.94. The monoisotopic (exact) mass is 507 g/mol. The van der Waals surface area contributed by atoms with Crippen LogP contribution < -0.4 is 0 Å². The molecule has 5 nitrogen and oxygen atoms in total. The van der Waals surface area contributed by atoms with Crippen LogP contribution in [0.3, 0.4) is 0 Å². The second-order valence-electron chi connectivity index (χ2n) is 7.81. The summed E-state index contributed by atoms with van der Waals surface area (Å²) in [6.07, 6.45) is -4.61. The Morgan fingerprint density at radius 1 is 1.10 bits per heavy atom. The first-order chi connectivity index (χ1) is 13.6. The van der Waals surface area contributed by atoms with Crippen LogP contribution in [0.15, 0.2) is 57.9 Å². The lowest BCUT2D eigenvalue weighted by atomic mass is 9.86. The molecule has 2 rings (SSSR count). The van der Waals surface area contributed by atoms with Gasteiger partial charge in [0.1, 0.15) is 6.04 Å². The summed E-state index contributed by atoms with van der Waals surface area (Å²) >= 11 is 3.20. The van der Waals surface area contributed by atoms with Gasteiger partial charge in [-0.05, 0) is 41.3 Å². The zero-order valence-electron chi connectivity index (χ0n) is 16.4. The molecule has 0 aliphatic heterocycles. The van der Waals surface area contributed by atoms with Gasteiger partial charge in [-0.1, -0.05) is 54.9 Å². The van der Waals surface area contributed by atoms with Crippen molar-refractivity contribution < 1.29 is 31.5 Å². The number of rotatable bonds is 6. The average molecular weight is 508 g/mol. The van der Waals surface area contributed by atoms with E-state index in [1.165, 1.54) is 30.3 Å². The number of hydrogen-bond donors (Lipinski definition) is 1. The molecule has 2 aromatic carbocycles. The maximum atomic E-state index is 13.3. The Bertz CT molecular complexity index is 1020. The molecule has 1 N–H and O–H groups in total. The lowest BCUT2D eigenvalue weighted by Gasteiger charge is -2.36. The standard InChI is InChI=1S/C20H21BrF3NO4S/c1-19(2,3)17(18(26)27)25(30(28,29)16-9-7-15(21)8-10-16)12-13-5-4-6-14(11-13)20(22,23)24/h4-11,17H,12H2,1-3H3,(H,26,27). The largest absolute Gasteiger partial charge is 0.480 e. The van der Waals surface area contributed by atoms with Crippen molar-refractivity contribution in [3.05, 3.63) is 64.1 Å². The maximum Gasteiger partial charge on any atom is 0.416 e. The summed E-state index contributed by atoms with van der Waals surface area (Å²) in [5, 5.41) is 9.80. The van der Waals surface area contributed by atoms with Crippen molar-refractivity contribution >= 4 is 31.9 Å². The third kappa shape index (κ3) is 5.61. The molecule has 0 radical (unpaired) electrons. The number of alkyl halides is 3. The van der Waals surface area contributed by atoms with Crippen molar-refractivity contribution in [3.63, 3.8) is 0 Å². The van der Waals surface area contributed by atoms with Crippen molar-refractivity contribution in [2.24, 2.45) is 5.41 Å². The third-order valence-corrected chi connectivity index (χ3v) is 6.71. The van der Waals surface area contributed by atoms with Crippen LogP contribution in [0.1, 0.15) is 31.9 Å². The SMILES string of the molecule is CC(C)(C)C(C(=O)O)N(Cc1cccc(C(F)(F)F)c1)S(=O)(=O)c1ccc(Br)cc1. The van der Waals surface area contributed by atoms with E-state index in [2.05, 4.69) is 15.9 Å². The van der Waals surface area contributed by atoms with Gasteiger partial charge in [0.25, 0.3) is 0 Å². The van der Waals surface area contributed by atoms with E-state index in [9.17, 15) is 31.5 Å². The van der Waals surface area contributed by atoms with E-state index < -0.39 is 45.7 Å². The quantitative estimate of drug-likeness (QED) is 0.585. The molecule has 0 aliphatic carbocycles. The predicted octanol–water partition coefficient (Wildman–Crippen LogP) is 5.16. The average Bonchev–Trinajstić information content (AvgIpc) is 2.59. The van der Waals surface area contributed by atoms with Crippen LogP contribution in [0.5, 0.6) is 0 Å². The van der Waals surface area contributed by atoms with E-state index in [-0.39, 0.29) is 10.5 Å². The van der Waals surface area contributed by atoms with Gasteiger partial charge < -0.3 is 5.11 Å². The number of sulfonamides is 1. The van der Waals surface area contributed by atoms with Gasteiger partial charge in [-0.15, -0.1) is 0 Å². The Labute approximate surface area is 181 Å². The van der Waals surface area contributed by atoms with Crippen molar-refractivity contribution in [1.29, 1.82) is 0 Å². The predicted molar refractivity (Wildman–Crippen MR) is 109 cm³/mol. The van der Waals surface area contributed by atoms with Crippen LogP contribution in [-0.2, 0) is 27.5 Å². The molecule has 10 heteroatoms. The van der Waals surface area contributed by atoms with E-state index in [4.69, 9.17) is 0 Å². The molecule has 30 heavy (non-hydrogen) atoms. The van der Waals surface area contributed by atoms with Crippen LogP contribution >= 0.6 is 15.9 Å². The summed E-state index contributed by atoms with van der Waals surface area (Å²) in [5.74, 6) is -1.39. The lowest BCUT2D eigenvalue weighted by molar-refractivity contribution is -0.145. The van der Waals surface area contributed by atoms with Gasteiger partial charge >= 0.3 is 12.1 Å². The molecule has 1 atom stereocenters. The van der Waals surface area contributed by atoms with Crippen LogP contribution in [0, 0.1) is 5.41 Å². The first kappa shape index (κ1) is 24.4. The summed E-state index contributed by atoms with van der Waals surface area (Å²) in [6, 6.07) is 8.27. The Hall–Kier alpha value is -1.91. The zero-order valence-corrected chi connectivity index (χ0v) is 18.8. The number of benzene rings is 2. The molecule has 2 aromatic rings. The van der Waals surface area contributed by atoms with Crippen LogP contribution in [0.25, 0.3) is 0 Å². The number of carboxylic acids is 1. The molecule has 0 saturated carbocycles. The number of carbonyl (C=O) groups is 1. The van der Waals surface area contributed by atoms with Crippen LogP contribution in [0.4, 0.5) is 13.2 Å². The zero-order chi connectivity index (χ0) is 22.9. The normalized spacial score (nSPS) is 14.0. The molecule has 0 heterocycles. The molecule has 0 spiro atoms. The molecular weight excluding hydrogens is 487 g/mol. The highest BCUT2D eigenvalue weighted by Crippen LogP contribution is 2.33. The first-order valence-corrected chi connectivity index (χ1v) is 11.0.